The van der Waals surface area contributed by atoms with Gasteiger partial charge in [-0.05, 0) is 24.5 Å². The van der Waals surface area contributed by atoms with Crippen molar-refractivity contribution in [2.75, 3.05) is 5.32 Å². The molecule has 0 aliphatic rings. The van der Waals surface area contributed by atoms with E-state index in [4.69, 9.17) is 5.73 Å². The number of nitrogens with zero attached hydrogens (tertiary/aromatic N) is 1. The lowest BCUT2D eigenvalue weighted by molar-refractivity contribution is -0.119. The van der Waals surface area contributed by atoms with Gasteiger partial charge in [-0.15, -0.1) is 0 Å². The SMILES string of the molecule is Cc1ccc2cccc(NC(=O)[C@@H](N)C(C)(C)C)c2n1. The van der Waals surface area contributed by atoms with Gasteiger partial charge >= 0.3 is 0 Å². The molecule has 0 saturated heterocycles. The molecule has 1 aromatic heterocycles. The number of benzene rings is 1. The minimum Gasteiger partial charge on any atom is -0.323 e. The number of rotatable bonds is 2. The van der Waals surface area contributed by atoms with Crippen molar-refractivity contribution in [1.29, 1.82) is 0 Å². The first-order valence-electron chi connectivity index (χ1n) is 6.72. The van der Waals surface area contributed by atoms with E-state index in [2.05, 4.69) is 10.3 Å². The van der Waals surface area contributed by atoms with Crippen LogP contribution in [0.4, 0.5) is 5.69 Å². The molecule has 0 aliphatic carbocycles. The average Bonchev–Trinajstić information content (AvgIpc) is 2.37. The van der Waals surface area contributed by atoms with Crippen LogP contribution < -0.4 is 11.1 Å². The first-order chi connectivity index (χ1) is 9.29. The third kappa shape index (κ3) is 2.96. The molecule has 4 heteroatoms. The molecule has 4 nitrogen and oxygen atoms in total. The van der Waals surface area contributed by atoms with Crippen LogP contribution in [0.25, 0.3) is 10.9 Å². The van der Waals surface area contributed by atoms with Gasteiger partial charge in [0, 0.05) is 11.1 Å². The fourth-order valence-electron chi connectivity index (χ4n) is 1.95. The Morgan fingerprint density at radius 2 is 1.95 bits per heavy atom. The van der Waals surface area contributed by atoms with E-state index in [0.29, 0.717) is 5.69 Å². The average molecular weight is 271 g/mol. The maximum absolute atomic E-state index is 12.2. The number of fused-ring (bicyclic) bond motifs is 1. The van der Waals surface area contributed by atoms with Gasteiger partial charge in [0.2, 0.25) is 5.91 Å². The highest BCUT2D eigenvalue weighted by Crippen LogP contribution is 2.24. The molecule has 106 valence electrons. The van der Waals surface area contributed by atoms with Crippen LogP contribution in [0.2, 0.25) is 0 Å². The number of pyridine rings is 1. The fourth-order valence-corrected chi connectivity index (χ4v) is 1.95. The number of amides is 1. The Kier molecular flexibility index (Phi) is 3.77. The second-order valence-corrected chi connectivity index (χ2v) is 6.16. The van der Waals surface area contributed by atoms with E-state index >= 15 is 0 Å². The van der Waals surface area contributed by atoms with Gasteiger partial charge in [0.25, 0.3) is 0 Å². The molecule has 0 unspecified atom stereocenters. The van der Waals surface area contributed by atoms with Gasteiger partial charge in [-0.3, -0.25) is 9.78 Å². The first-order valence-corrected chi connectivity index (χ1v) is 6.72. The van der Waals surface area contributed by atoms with Crippen LogP contribution in [0.3, 0.4) is 0 Å². The maximum atomic E-state index is 12.2. The van der Waals surface area contributed by atoms with Crippen LogP contribution >= 0.6 is 0 Å². The van der Waals surface area contributed by atoms with Gasteiger partial charge in [0.1, 0.15) is 0 Å². The van der Waals surface area contributed by atoms with Crippen molar-refractivity contribution in [3.63, 3.8) is 0 Å². The van der Waals surface area contributed by atoms with E-state index in [-0.39, 0.29) is 11.3 Å². The van der Waals surface area contributed by atoms with Crippen LogP contribution in [0.1, 0.15) is 26.5 Å². The number of nitrogens with two attached hydrogens (primary N) is 1. The lowest BCUT2D eigenvalue weighted by Crippen LogP contribution is -2.45. The molecule has 0 spiro atoms. The number of hydrogen-bond acceptors (Lipinski definition) is 3. The largest absolute Gasteiger partial charge is 0.323 e. The van der Waals surface area contributed by atoms with Gasteiger partial charge in [-0.1, -0.05) is 39.0 Å². The van der Waals surface area contributed by atoms with Crippen molar-refractivity contribution in [1.82, 2.24) is 4.98 Å². The second-order valence-electron chi connectivity index (χ2n) is 6.16. The number of para-hydroxylation sites is 1. The molecule has 0 radical (unpaired) electrons. The van der Waals surface area contributed by atoms with E-state index in [0.717, 1.165) is 16.6 Å². The molecule has 1 amide bonds. The molecule has 20 heavy (non-hydrogen) atoms. The highest BCUT2D eigenvalue weighted by atomic mass is 16.2. The van der Waals surface area contributed by atoms with Crippen molar-refractivity contribution in [2.24, 2.45) is 11.1 Å². The number of nitrogens with one attached hydrogen (secondary N) is 1. The summed E-state index contributed by atoms with van der Waals surface area (Å²) in [6.45, 7) is 7.77. The number of aryl methyl sites for hydroxylation is 1. The Labute approximate surface area is 119 Å². The normalized spacial score (nSPS) is 13.2. The standard InChI is InChI=1S/C16H21N3O/c1-10-8-9-11-6-5-7-12(13(11)18-10)19-15(20)14(17)16(2,3)4/h5-9,14H,17H2,1-4H3,(H,19,20)/t14-/m1/s1. The summed E-state index contributed by atoms with van der Waals surface area (Å²) >= 11 is 0. The molecular weight excluding hydrogens is 250 g/mol. The van der Waals surface area contributed by atoms with Crippen LogP contribution in [0.15, 0.2) is 30.3 Å². The highest BCUT2D eigenvalue weighted by Gasteiger charge is 2.27. The van der Waals surface area contributed by atoms with Crippen molar-refractivity contribution in [3.8, 4) is 0 Å². The van der Waals surface area contributed by atoms with Gasteiger partial charge in [0.15, 0.2) is 0 Å². The number of aromatic nitrogens is 1. The maximum Gasteiger partial charge on any atom is 0.241 e. The van der Waals surface area contributed by atoms with Gasteiger partial charge < -0.3 is 11.1 Å². The predicted molar refractivity (Wildman–Crippen MR) is 82.5 cm³/mol. The Morgan fingerprint density at radius 3 is 2.60 bits per heavy atom. The Hall–Kier alpha value is -1.94. The summed E-state index contributed by atoms with van der Waals surface area (Å²) < 4.78 is 0. The zero-order chi connectivity index (χ0) is 14.9. The minimum absolute atomic E-state index is 0.187. The molecule has 0 saturated carbocycles. The number of carbonyl (C=O) groups excluding carboxylic acids is 1. The molecule has 2 aromatic rings. The quantitative estimate of drug-likeness (QED) is 0.882. The van der Waals surface area contributed by atoms with Crippen molar-refractivity contribution in [3.05, 3.63) is 36.0 Å². The zero-order valence-corrected chi connectivity index (χ0v) is 12.4. The third-order valence-corrected chi connectivity index (χ3v) is 3.33. The van der Waals surface area contributed by atoms with Crippen LogP contribution in [-0.4, -0.2) is 16.9 Å². The number of anilines is 1. The lowest BCUT2D eigenvalue weighted by atomic mass is 9.87. The highest BCUT2D eigenvalue weighted by molar-refractivity contribution is 6.02. The molecule has 0 fully saturated rings. The molecule has 1 heterocycles. The summed E-state index contributed by atoms with van der Waals surface area (Å²) in [6, 6.07) is 9.11. The van der Waals surface area contributed by atoms with Gasteiger partial charge in [-0.25, -0.2) is 0 Å². The lowest BCUT2D eigenvalue weighted by Gasteiger charge is -2.26. The van der Waals surface area contributed by atoms with Crippen molar-refractivity contribution < 1.29 is 4.79 Å². The Bertz CT molecular complexity index is 644. The summed E-state index contributed by atoms with van der Waals surface area (Å²) in [7, 11) is 0. The fraction of sp³-hybridized carbons (Fsp3) is 0.375. The molecule has 0 bridgehead atoms. The van der Waals surface area contributed by atoms with Crippen LogP contribution in [0.5, 0.6) is 0 Å². The van der Waals surface area contributed by atoms with E-state index < -0.39 is 6.04 Å². The van der Waals surface area contributed by atoms with Gasteiger partial charge in [0.05, 0.1) is 17.2 Å². The Morgan fingerprint density at radius 1 is 1.25 bits per heavy atom. The summed E-state index contributed by atoms with van der Waals surface area (Å²) in [5, 5.41) is 3.89. The third-order valence-electron chi connectivity index (χ3n) is 3.33. The molecule has 2 rings (SSSR count). The summed E-state index contributed by atoms with van der Waals surface area (Å²) in [6.07, 6.45) is 0. The van der Waals surface area contributed by atoms with E-state index in [1.807, 2.05) is 58.0 Å². The number of carbonyl (C=O) groups is 1. The first kappa shape index (κ1) is 14.5. The molecule has 1 aromatic carbocycles. The van der Waals surface area contributed by atoms with Crippen LogP contribution in [0, 0.1) is 12.3 Å². The molecule has 3 N–H and O–H groups in total. The second kappa shape index (κ2) is 5.21. The van der Waals surface area contributed by atoms with Gasteiger partial charge in [-0.2, -0.15) is 0 Å². The minimum atomic E-state index is -0.567. The Balaban J connectivity index is 2.35. The van der Waals surface area contributed by atoms with Crippen molar-refractivity contribution in [2.45, 2.75) is 33.7 Å². The van der Waals surface area contributed by atoms with E-state index in [1.165, 1.54) is 0 Å². The van der Waals surface area contributed by atoms with E-state index in [1.54, 1.807) is 0 Å². The number of hydrogen-bond donors (Lipinski definition) is 2. The smallest absolute Gasteiger partial charge is 0.241 e. The predicted octanol–water partition coefficient (Wildman–Crippen LogP) is 2.86. The van der Waals surface area contributed by atoms with Crippen LogP contribution in [-0.2, 0) is 4.79 Å². The summed E-state index contributed by atoms with van der Waals surface area (Å²) in [5.74, 6) is -0.187. The van der Waals surface area contributed by atoms with Crippen molar-refractivity contribution >= 4 is 22.5 Å². The summed E-state index contributed by atoms with van der Waals surface area (Å²) in [5.41, 5.74) is 8.12. The summed E-state index contributed by atoms with van der Waals surface area (Å²) in [4.78, 5) is 16.7. The topological polar surface area (TPSA) is 68.0 Å². The zero-order valence-electron chi connectivity index (χ0n) is 12.4. The monoisotopic (exact) mass is 271 g/mol. The molecule has 1 atom stereocenters. The molecular formula is C16H21N3O. The molecule has 0 aliphatic heterocycles. The van der Waals surface area contributed by atoms with E-state index in [9.17, 15) is 4.79 Å².